The molecule has 0 saturated carbocycles. The summed E-state index contributed by atoms with van der Waals surface area (Å²) in [7, 11) is 0. The van der Waals surface area contributed by atoms with Crippen molar-refractivity contribution in [3.8, 4) is 0 Å². The van der Waals surface area contributed by atoms with E-state index in [1.165, 1.54) is 17.9 Å². The Balaban J connectivity index is 1.37. The molecule has 1 N–H and O–H groups in total. The summed E-state index contributed by atoms with van der Waals surface area (Å²) >= 11 is 1.61. The fourth-order valence-corrected chi connectivity index (χ4v) is 4.64. The lowest BCUT2D eigenvalue weighted by atomic mass is 10.2. The Morgan fingerprint density at radius 2 is 1.97 bits per heavy atom. The van der Waals surface area contributed by atoms with Gasteiger partial charge >= 0.3 is 6.09 Å². The number of nitrogens with zero attached hydrogens (tertiary/aromatic N) is 5. The summed E-state index contributed by atoms with van der Waals surface area (Å²) in [4.78, 5) is 28.8. The minimum atomic E-state index is -0.543. The maximum Gasteiger partial charge on any atom is 0.414 e. The Labute approximate surface area is 190 Å². The minimum absolute atomic E-state index is 0.193. The maximum absolute atomic E-state index is 15.0. The van der Waals surface area contributed by atoms with Crippen LogP contribution in [0.25, 0.3) is 0 Å². The molecule has 11 heteroatoms. The van der Waals surface area contributed by atoms with E-state index in [0.29, 0.717) is 30.4 Å². The van der Waals surface area contributed by atoms with Gasteiger partial charge < -0.3 is 19.9 Å². The zero-order chi connectivity index (χ0) is 22.8. The molecule has 32 heavy (non-hydrogen) atoms. The smallest absolute Gasteiger partial charge is 0.414 e. The lowest BCUT2D eigenvalue weighted by Gasteiger charge is -2.36. The fourth-order valence-electron chi connectivity index (χ4n) is 3.74. The van der Waals surface area contributed by atoms with Crippen LogP contribution in [0, 0.1) is 5.82 Å². The third-order valence-corrected chi connectivity index (χ3v) is 6.80. The van der Waals surface area contributed by atoms with Gasteiger partial charge in [0.1, 0.15) is 16.9 Å². The molecular weight excluding hydrogens is 435 g/mol. The molecule has 1 aromatic heterocycles. The van der Waals surface area contributed by atoms with Gasteiger partial charge in [0, 0.05) is 39.0 Å². The Morgan fingerprint density at radius 1 is 1.25 bits per heavy atom. The van der Waals surface area contributed by atoms with E-state index >= 15 is 0 Å². The molecule has 4 rings (SSSR count). The SMILES string of the molecule is CC(=O)NCC1CN(c2ccc(N3CCN(c4nnc(C(C)C)s4)CC3)c(F)c2)C(=O)O1. The molecule has 0 bridgehead atoms. The van der Waals surface area contributed by atoms with Crippen LogP contribution >= 0.6 is 11.3 Å². The first-order valence-corrected chi connectivity index (χ1v) is 11.5. The largest absolute Gasteiger partial charge is 0.442 e. The molecule has 2 aliphatic rings. The zero-order valence-electron chi connectivity index (χ0n) is 18.4. The molecule has 2 aliphatic heterocycles. The molecule has 2 aromatic rings. The Bertz CT molecular complexity index is 992. The number of aromatic nitrogens is 2. The van der Waals surface area contributed by atoms with Gasteiger partial charge in [-0.05, 0) is 18.2 Å². The second kappa shape index (κ2) is 9.27. The summed E-state index contributed by atoms with van der Waals surface area (Å²) < 4.78 is 20.2. The third kappa shape index (κ3) is 4.77. The highest BCUT2D eigenvalue weighted by molar-refractivity contribution is 7.15. The van der Waals surface area contributed by atoms with Crippen LogP contribution < -0.4 is 20.0 Å². The number of nitrogens with one attached hydrogen (secondary N) is 1. The molecule has 2 fully saturated rings. The Morgan fingerprint density at radius 3 is 2.59 bits per heavy atom. The summed E-state index contributed by atoms with van der Waals surface area (Å²) in [5, 5.41) is 13.1. The van der Waals surface area contributed by atoms with Gasteiger partial charge in [-0.25, -0.2) is 9.18 Å². The second-order valence-electron chi connectivity index (χ2n) is 8.24. The zero-order valence-corrected chi connectivity index (χ0v) is 19.2. The highest BCUT2D eigenvalue weighted by Crippen LogP contribution is 2.30. The number of piperazine rings is 1. The van der Waals surface area contributed by atoms with E-state index in [4.69, 9.17) is 4.74 Å². The fraction of sp³-hybridized carbons (Fsp3) is 0.524. The van der Waals surface area contributed by atoms with Crippen molar-refractivity contribution < 1.29 is 18.7 Å². The van der Waals surface area contributed by atoms with Crippen molar-refractivity contribution >= 4 is 39.8 Å². The van der Waals surface area contributed by atoms with Gasteiger partial charge in [0.05, 0.1) is 24.5 Å². The van der Waals surface area contributed by atoms with Crippen molar-refractivity contribution in [3.63, 3.8) is 0 Å². The van der Waals surface area contributed by atoms with Gasteiger partial charge in [-0.15, -0.1) is 10.2 Å². The number of benzene rings is 1. The molecule has 2 saturated heterocycles. The maximum atomic E-state index is 15.0. The summed E-state index contributed by atoms with van der Waals surface area (Å²) in [6.45, 7) is 8.88. The molecule has 2 amide bonds. The molecule has 3 heterocycles. The first-order chi connectivity index (χ1) is 15.3. The van der Waals surface area contributed by atoms with Gasteiger partial charge in [-0.1, -0.05) is 25.2 Å². The summed E-state index contributed by atoms with van der Waals surface area (Å²) in [6, 6.07) is 4.80. The Hall–Kier alpha value is -2.95. The quantitative estimate of drug-likeness (QED) is 0.706. The monoisotopic (exact) mass is 462 g/mol. The van der Waals surface area contributed by atoms with Crippen molar-refractivity contribution in [2.75, 3.05) is 54.0 Å². The van der Waals surface area contributed by atoms with Crippen LogP contribution in [0.3, 0.4) is 0 Å². The van der Waals surface area contributed by atoms with Crippen LogP contribution in [-0.2, 0) is 9.53 Å². The van der Waals surface area contributed by atoms with Gasteiger partial charge in [0.2, 0.25) is 11.0 Å². The van der Waals surface area contributed by atoms with E-state index < -0.39 is 12.2 Å². The number of carbonyl (C=O) groups excluding carboxylic acids is 2. The number of hydrogen-bond donors (Lipinski definition) is 1. The van der Waals surface area contributed by atoms with Crippen molar-refractivity contribution in [3.05, 3.63) is 29.0 Å². The summed E-state index contributed by atoms with van der Waals surface area (Å²) in [5.41, 5.74) is 0.950. The average molecular weight is 463 g/mol. The molecule has 0 spiro atoms. The van der Waals surface area contributed by atoms with Gasteiger partial charge in [0.25, 0.3) is 0 Å². The Kier molecular flexibility index (Phi) is 6.45. The molecular formula is C21H27FN6O3S. The van der Waals surface area contributed by atoms with Crippen molar-refractivity contribution in [2.45, 2.75) is 32.8 Å². The van der Waals surface area contributed by atoms with Crippen LogP contribution in [0.4, 0.5) is 25.7 Å². The number of rotatable bonds is 6. The van der Waals surface area contributed by atoms with Crippen molar-refractivity contribution in [1.29, 1.82) is 0 Å². The molecule has 1 unspecified atom stereocenters. The predicted molar refractivity (Wildman–Crippen MR) is 121 cm³/mol. The lowest BCUT2D eigenvalue weighted by molar-refractivity contribution is -0.119. The first-order valence-electron chi connectivity index (χ1n) is 10.7. The van der Waals surface area contributed by atoms with Gasteiger partial charge in [-0.3, -0.25) is 9.69 Å². The number of anilines is 3. The number of halogens is 1. The molecule has 9 nitrogen and oxygen atoms in total. The molecule has 0 aliphatic carbocycles. The lowest BCUT2D eigenvalue weighted by Crippen LogP contribution is -2.46. The molecule has 0 radical (unpaired) electrons. The van der Waals surface area contributed by atoms with Crippen LogP contribution in [0.1, 0.15) is 31.7 Å². The summed E-state index contributed by atoms with van der Waals surface area (Å²) in [6.07, 6.45) is -1.00. The van der Waals surface area contributed by atoms with E-state index in [2.05, 4.69) is 34.3 Å². The second-order valence-corrected chi connectivity index (χ2v) is 9.23. The normalized spacial score (nSPS) is 19.0. The third-order valence-electron chi connectivity index (χ3n) is 5.51. The van der Waals surface area contributed by atoms with Crippen LogP contribution in [0.5, 0.6) is 0 Å². The van der Waals surface area contributed by atoms with Crippen molar-refractivity contribution in [2.24, 2.45) is 0 Å². The topological polar surface area (TPSA) is 90.9 Å². The number of hydrogen-bond acceptors (Lipinski definition) is 8. The summed E-state index contributed by atoms with van der Waals surface area (Å²) in [5.74, 6) is -0.225. The number of amides is 2. The number of carbonyl (C=O) groups is 2. The minimum Gasteiger partial charge on any atom is -0.442 e. The number of ether oxygens (including phenoxy) is 1. The van der Waals surface area contributed by atoms with E-state index in [0.717, 1.165) is 23.2 Å². The number of cyclic esters (lactones) is 1. The first kappa shape index (κ1) is 22.3. The highest BCUT2D eigenvalue weighted by Gasteiger charge is 2.33. The molecule has 1 aromatic carbocycles. The molecule has 1 atom stereocenters. The average Bonchev–Trinajstić information content (AvgIpc) is 3.39. The van der Waals surface area contributed by atoms with E-state index in [1.807, 2.05) is 4.90 Å². The molecule has 172 valence electrons. The van der Waals surface area contributed by atoms with Gasteiger partial charge in [0.15, 0.2) is 0 Å². The van der Waals surface area contributed by atoms with E-state index in [-0.39, 0.29) is 24.8 Å². The highest BCUT2D eigenvalue weighted by atomic mass is 32.1. The van der Waals surface area contributed by atoms with E-state index in [9.17, 15) is 14.0 Å². The van der Waals surface area contributed by atoms with Crippen LogP contribution in [-0.4, -0.2) is 67.6 Å². The van der Waals surface area contributed by atoms with Crippen molar-refractivity contribution in [1.82, 2.24) is 15.5 Å². The van der Waals surface area contributed by atoms with Crippen LogP contribution in [0.2, 0.25) is 0 Å². The predicted octanol–water partition coefficient (Wildman–Crippen LogP) is 2.59. The van der Waals surface area contributed by atoms with Crippen LogP contribution in [0.15, 0.2) is 18.2 Å². The van der Waals surface area contributed by atoms with Gasteiger partial charge in [-0.2, -0.15) is 0 Å². The van der Waals surface area contributed by atoms with E-state index in [1.54, 1.807) is 23.5 Å². The standard InChI is InChI=1S/C21H27FN6O3S/c1-13(2)19-24-25-20(32-19)27-8-6-26(7-9-27)18-5-4-15(10-17(18)22)28-12-16(31-21(28)30)11-23-14(3)29/h4-5,10,13,16H,6-9,11-12H2,1-3H3,(H,23,29).